The van der Waals surface area contributed by atoms with Gasteiger partial charge in [0.1, 0.15) is 5.69 Å². The van der Waals surface area contributed by atoms with E-state index in [0.717, 1.165) is 27.9 Å². The average Bonchev–Trinajstić information content (AvgIpc) is 3.04. The summed E-state index contributed by atoms with van der Waals surface area (Å²) in [7, 11) is 1.93. The molecule has 0 amide bonds. The highest BCUT2D eigenvalue weighted by Crippen LogP contribution is 2.31. The van der Waals surface area contributed by atoms with Gasteiger partial charge in [-0.25, -0.2) is 4.98 Å². The molecule has 0 spiro atoms. The molecule has 1 N–H and O–H groups in total. The molecule has 0 aliphatic heterocycles. The van der Waals surface area contributed by atoms with Crippen LogP contribution in [-0.4, -0.2) is 14.8 Å². The normalized spacial score (nSPS) is 10.8. The maximum atomic E-state index is 4.60. The van der Waals surface area contributed by atoms with Gasteiger partial charge in [-0.2, -0.15) is 5.10 Å². The molecule has 0 bridgehead atoms. The quantitative estimate of drug-likeness (QED) is 0.797. The lowest BCUT2D eigenvalue weighted by Crippen LogP contribution is -2.00. The molecule has 5 heteroatoms. The van der Waals surface area contributed by atoms with E-state index < -0.39 is 0 Å². The zero-order chi connectivity index (χ0) is 14.8. The molecule has 0 radical (unpaired) electrons. The predicted octanol–water partition coefficient (Wildman–Crippen LogP) is 3.77. The second-order valence-electron chi connectivity index (χ2n) is 5.09. The van der Waals surface area contributed by atoms with E-state index in [2.05, 4.69) is 46.6 Å². The van der Waals surface area contributed by atoms with Crippen LogP contribution in [0.3, 0.4) is 0 Å². The van der Waals surface area contributed by atoms with E-state index in [4.69, 9.17) is 0 Å². The number of thiazole rings is 1. The van der Waals surface area contributed by atoms with Gasteiger partial charge in [-0.15, -0.1) is 0 Å². The van der Waals surface area contributed by atoms with Gasteiger partial charge in [0, 0.05) is 19.8 Å². The van der Waals surface area contributed by atoms with Gasteiger partial charge in [0.2, 0.25) is 0 Å². The lowest BCUT2D eigenvalue weighted by atomic mass is 10.1. The first-order valence-electron chi connectivity index (χ1n) is 6.89. The number of hydrogen-bond acceptors (Lipinski definition) is 4. The Kier molecular flexibility index (Phi) is 3.75. The fourth-order valence-electron chi connectivity index (χ4n) is 2.23. The van der Waals surface area contributed by atoms with Gasteiger partial charge in [-0.05, 0) is 31.0 Å². The molecule has 0 fully saturated rings. The van der Waals surface area contributed by atoms with Gasteiger partial charge in [0.05, 0.1) is 10.6 Å². The van der Waals surface area contributed by atoms with Gasteiger partial charge >= 0.3 is 0 Å². The molecule has 0 saturated heterocycles. The van der Waals surface area contributed by atoms with Crippen LogP contribution >= 0.6 is 11.3 Å². The fraction of sp³-hybridized carbons (Fsp3) is 0.250. The Bertz CT molecular complexity index is 757. The Morgan fingerprint density at radius 1 is 1.19 bits per heavy atom. The molecule has 0 aliphatic carbocycles. The summed E-state index contributed by atoms with van der Waals surface area (Å²) in [5.74, 6) is 0. The molecule has 3 aromatic rings. The van der Waals surface area contributed by atoms with Crippen LogP contribution in [0.4, 0.5) is 5.13 Å². The molecule has 108 valence electrons. The minimum absolute atomic E-state index is 0.793. The molecule has 21 heavy (non-hydrogen) atoms. The minimum atomic E-state index is 0.793. The third-order valence-corrected chi connectivity index (χ3v) is 4.57. The number of hydrogen-bond donors (Lipinski definition) is 1. The van der Waals surface area contributed by atoms with Crippen molar-refractivity contribution < 1.29 is 0 Å². The predicted molar refractivity (Wildman–Crippen MR) is 87.6 cm³/mol. The van der Waals surface area contributed by atoms with E-state index in [-0.39, 0.29) is 0 Å². The van der Waals surface area contributed by atoms with E-state index in [1.54, 1.807) is 11.3 Å². The Morgan fingerprint density at radius 2 is 2.00 bits per heavy atom. The highest BCUT2D eigenvalue weighted by molar-refractivity contribution is 7.19. The number of benzene rings is 1. The van der Waals surface area contributed by atoms with Crippen LogP contribution in [0.1, 0.15) is 16.8 Å². The molecule has 0 unspecified atom stereocenters. The van der Waals surface area contributed by atoms with Crippen LogP contribution in [0.25, 0.3) is 10.6 Å². The summed E-state index contributed by atoms with van der Waals surface area (Å²) in [4.78, 5) is 5.73. The van der Waals surface area contributed by atoms with Gasteiger partial charge in [-0.3, -0.25) is 4.68 Å². The first-order valence-corrected chi connectivity index (χ1v) is 7.71. The summed E-state index contributed by atoms with van der Waals surface area (Å²) in [6.45, 7) is 4.95. The lowest BCUT2D eigenvalue weighted by Gasteiger charge is -2.05. The van der Waals surface area contributed by atoms with Crippen LogP contribution in [-0.2, 0) is 13.6 Å². The van der Waals surface area contributed by atoms with Crippen LogP contribution in [0.2, 0.25) is 0 Å². The zero-order valence-electron chi connectivity index (χ0n) is 12.4. The van der Waals surface area contributed by atoms with Crippen molar-refractivity contribution in [2.45, 2.75) is 20.4 Å². The highest BCUT2D eigenvalue weighted by Gasteiger charge is 2.11. The molecular formula is C16H18N4S. The van der Waals surface area contributed by atoms with Crippen molar-refractivity contribution >= 4 is 16.5 Å². The minimum Gasteiger partial charge on any atom is -0.357 e. The molecule has 3 rings (SSSR count). The summed E-state index contributed by atoms with van der Waals surface area (Å²) in [6, 6.07) is 10.4. The summed E-state index contributed by atoms with van der Waals surface area (Å²) in [5.41, 5.74) is 4.59. The Labute approximate surface area is 128 Å². The summed E-state index contributed by atoms with van der Waals surface area (Å²) in [6.07, 6.45) is 1.95. The van der Waals surface area contributed by atoms with Crippen molar-refractivity contribution in [2.75, 3.05) is 5.32 Å². The number of aryl methyl sites for hydroxylation is 3. The van der Waals surface area contributed by atoms with Gasteiger partial charge < -0.3 is 5.32 Å². The molecule has 2 aromatic heterocycles. The number of nitrogens with one attached hydrogen (secondary N) is 1. The van der Waals surface area contributed by atoms with Crippen LogP contribution in [0, 0.1) is 13.8 Å². The zero-order valence-corrected chi connectivity index (χ0v) is 13.2. The van der Waals surface area contributed by atoms with Crippen molar-refractivity contribution in [2.24, 2.45) is 7.05 Å². The van der Waals surface area contributed by atoms with Crippen LogP contribution in [0.5, 0.6) is 0 Å². The average molecular weight is 298 g/mol. The lowest BCUT2D eigenvalue weighted by molar-refractivity contribution is 0.771. The number of aromatic nitrogens is 3. The third kappa shape index (κ3) is 2.97. The van der Waals surface area contributed by atoms with E-state index in [0.29, 0.717) is 0 Å². The molecule has 0 atom stereocenters. The first-order chi connectivity index (χ1) is 10.1. The molecule has 0 saturated carbocycles. The van der Waals surface area contributed by atoms with Crippen molar-refractivity contribution in [3.63, 3.8) is 0 Å². The molecule has 1 aromatic carbocycles. The number of anilines is 1. The van der Waals surface area contributed by atoms with Crippen LogP contribution in [0.15, 0.2) is 36.5 Å². The Hall–Kier alpha value is -2.14. The molecule has 2 heterocycles. The number of rotatable bonds is 4. The standard InChI is InChI=1S/C16H18N4S/c1-11-6-4-5-7-13(11)10-17-16-18-12(2)15(21-16)14-8-9-20(3)19-14/h4-9H,10H2,1-3H3,(H,17,18). The summed E-state index contributed by atoms with van der Waals surface area (Å²) < 4.78 is 1.81. The third-order valence-electron chi connectivity index (χ3n) is 3.43. The van der Waals surface area contributed by atoms with E-state index in [1.165, 1.54) is 11.1 Å². The Morgan fingerprint density at radius 3 is 2.71 bits per heavy atom. The topological polar surface area (TPSA) is 42.7 Å². The maximum absolute atomic E-state index is 4.60. The van der Waals surface area contributed by atoms with E-state index in [9.17, 15) is 0 Å². The second kappa shape index (κ2) is 5.69. The van der Waals surface area contributed by atoms with Crippen molar-refractivity contribution in [1.29, 1.82) is 0 Å². The van der Waals surface area contributed by atoms with Crippen molar-refractivity contribution in [3.8, 4) is 10.6 Å². The molecule has 4 nitrogen and oxygen atoms in total. The van der Waals surface area contributed by atoms with Crippen molar-refractivity contribution in [1.82, 2.24) is 14.8 Å². The van der Waals surface area contributed by atoms with Crippen LogP contribution < -0.4 is 5.32 Å². The first kappa shape index (κ1) is 13.8. The smallest absolute Gasteiger partial charge is 0.183 e. The molecular weight excluding hydrogens is 280 g/mol. The van der Waals surface area contributed by atoms with Crippen molar-refractivity contribution in [3.05, 3.63) is 53.3 Å². The summed E-state index contributed by atoms with van der Waals surface area (Å²) >= 11 is 1.65. The van der Waals surface area contributed by atoms with Gasteiger partial charge in [0.15, 0.2) is 5.13 Å². The molecule has 0 aliphatic rings. The van der Waals surface area contributed by atoms with E-state index in [1.807, 2.05) is 30.9 Å². The second-order valence-corrected chi connectivity index (χ2v) is 6.09. The maximum Gasteiger partial charge on any atom is 0.183 e. The SMILES string of the molecule is Cc1ccccc1CNc1nc(C)c(-c2ccn(C)n2)s1. The highest BCUT2D eigenvalue weighted by atomic mass is 32.1. The van der Waals surface area contributed by atoms with E-state index >= 15 is 0 Å². The fourth-order valence-corrected chi connectivity index (χ4v) is 3.15. The largest absolute Gasteiger partial charge is 0.357 e. The Balaban J connectivity index is 1.77. The van der Waals surface area contributed by atoms with Gasteiger partial charge in [0.25, 0.3) is 0 Å². The monoisotopic (exact) mass is 298 g/mol. The summed E-state index contributed by atoms with van der Waals surface area (Å²) in [5, 5.41) is 8.80. The van der Waals surface area contributed by atoms with Gasteiger partial charge in [-0.1, -0.05) is 35.6 Å². The number of nitrogens with zero attached hydrogens (tertiary/aromatic N) is 3.